The fourth-order valence-electron chi connectivity index (χ4n) is 2.35. The van der Waals surface area contributed by atoms with Gasteiger partial charge in [-0.15, -0.1) is 0 Å². The predicted octanol–water partition coefficient (Wildman–Crippen LogP) is 1.16. The summed E-state index contributed by atoms with van der Waals surface area (Å²) in [6, 6.07) is 1.88. The lowest BCUT2D eigenvalue weighted by molar-refractivity contribution is -0.131. The topological polar surface area (TPSA) is 73.7 Å². The maximum Gasteiger partial charge on any atom is 0.328 e. The molecule has 0 unspecified atom stereocenters. The van der Waals surface area contributed by atoms with E-state index >= 15 is 0 Å². The van der Waals surface area contributed by atoms with E-state index in [9.17, 15) is 9.59 Å². The number of aromatic nitrogens is 1. The molecule has 2 rings (SSSR count). The summed E-state index contributed by atoms with van der Waals surface area (Å²) in [6.07, 6.45) is 5.12. The monoisotopic (exact) mass is 289 g/mol. The summed E-state index contributed by atoms with van der Waals surface area (Å²) < 4.78 is 0. The molecule has 1 aliphatic heterocycles. The standard InChI is InChI=1S/C15H19N3O3/c1-11-8-12(4-5-14(20)21)9-16-15(11)18-7-3-6-17(2)13(19)10-18/h4-5,8-9H,3,6-7,10H2,1-2H3,(H,20,21)/b5-4+. The summed E-state index contributed by atoms with van der Waals surface area (Å²) >= 11 is 0. The van der Waals surface area contributed by atoms with Crippen molar-refractivity contribution >= 4 is 23.8 Å². The van der Waals surface area contributed by atoms with E-state index in [4.69, 9.17) is 5.11 Å². The molecule has 1 fully saturated rings. The lowest BCUT2D eigenvalue weighted by atomic mass is 10.2. The Hall–Kier alpha value is -2.37. The molecule has 2 heterocycles. The summed E-state index contributed by atoms with van der Waals surface area (Å²) in [7, 11) is 1.81. The van der Waals surface area contributed by atoms with Crippen LogP contribution < -0.4 is 4.90 Å². The number of carbonyl (C=O) groups excluding carboxylic acids is 1. The predicted molar refractivity (Wildman–Crippen MR) is 80.1 cm³/mol. The molecule has 0 spiro atoms. The second-order valence-corrected chi connectivity index (χ2v) is 5.17. The molecule has 112 valence electrons. The Labute approximate surface area is 123 Å². The lowest BCUT2D eigenvalue weighted by Gasteiger charge is -2.22. The van der Waals surface area contributed by atoms with Crippen LogP contribution in [-0.2, 0) is 9.59 Å². The maximum atomic E-state index is 11.9. The van der Waals surface area contributed by atoms with Gasteiger partial charge in [-0.2, -0.15) is 0 Å². The Kier molecular flexibility index (Phi) is 4.57. The first-order valence-corrected chi connectivity index (χ1v) is 6.84. The molecule has 0 aromatic carbocycles. The van der Waals surface area contributed by atoms with Crippen LogP contribution in [0, 0.1) is 6.92 Å². The number of rotatable bonds is 3. The zero-order valence-electron chi connectivity index (χ0n) is 12.2. The van der Waals surface area contributed by atoms with E-state index in [0.717, 1.165) is 42.5 Å². The quantitative estimate of drug-likeness (QED) is 0.845. The third kappa shape index (κ3) is 3.81. The number of carboxylic acid groups (broad SMARTS) is 1. The molecule has 0 saturated carbocycles. The molecule has 1 aromatic heterocycles. The molecule has 21 heavy (non-hydrogen) atoms. The third-order valence-corrected chi connectivity index (χ3v) is 3.46. The first kappa shape index (κ1) is 15.0. The number of carboxylic acids is 1. The molecule has 1 N–H and O–H groups in total. The van der Waals surface area contributed by atoms with Gasteiger partial charge in [-0.25, -0.2) is 9.78 Å². The van der Waals surface area contributed by atoms with Crippen LogP contribution in [0.15, 0.2) is 18.3 Å². The summed E-state index contributed by atoms with van der Waals surface area (Å²) in [5, 5.41) is 8.63. The Morgan fingerprint density at radius 3 is 2.86 bits per heavy atom. The number of hydrogen-bond donors (Lipinski definition) is 1. The third-order valence-electron chi connectivity index (χ3n) is 3.46. The number of amides is 1. The van der Waals surface area contributed by atoms with Crippen LogP contribution in [0.2, 0.25) is 0 Å². The molecule has 1 saturated heterocycles. The second-order valence-electron chi connectivity index (χ2n) is 5.17. The van der Waals surface area contributed by atoms with Crippen molar-refractivity contribution in [1.29, 1.82) is 0 Å². The van der Waals surface area contributed by atoms with Crippen LogP contribution in [0.5, 0.6) is 0 Å². The smallest absolute Gasteiger partial charge is 0.328 e. The van der Waals surface area contributed by atoms with E-state index in [-0.39, 0.29) is 5.91 Å². The first-order valence-electron chi connectivity index (χ1n) is 6.84. The number of nitrogens with zero attached hydrogens (tertiary/aromatic N) is 3. The Bertz CT molecular complexity index is 584. The van der Waals surface area contributed by atoms with E-state index in [1.807, 2.05) is 24.9 Å². The van der Waals surface area contributed by atoms with Crippen molar-refractivity contribution in [1.82, 2.24) is 9.88 Å². The lowest BCUT2D eigenvalue weighted by Crippen LogP contribution is -2.35. The van der Waals surface area contributed by atoms with E-state index in [1.54, 1.807) is 11.1 Å². The number of aryl methyl sites for hydroxylation is 1. The zero-order valence-corrected chi connectivity index (χ0v) is 12.2. The highest BCUT2D eigenvalue weighted by Crippen LogP contribution is 2.20. The van der Waals surface area contributed by atoms with Gasteiger partial charge in [-0.1, -0.05) is 0 Å². The van der Waals surface area contributed by atoms with Gasteiger partial charge in [0.25, 0.3) is 0 Å². The molecule has 0 atom stereocenters. The highest BCUT2D eigenvalue weighted by Gasteiger charge is 2.20. The van der Waals surface area contributed by atoms with Gasteiger partial charge in [0.15, 0.2) is 0 Å². The van der Waals surface area contributed by atoms with Crippen LogP contribution in [0.3, 0.4) is 0 Å². The van der Waals surface area contributed by atoms with E-state index in [0.29, 0.717) is 6.54 Å². The van der Waals surface area contributed by atoms with Crippen LogP contribution in [0.25, 0.3) is 6.08 Å². The zero-order chi connectivity index (χ0) is 15.4. The molecule has 6 heteroatoms. The molecule has 0 bridgehead atoms. The molecule has 6 nitrogen and oxygen atoms in total. The number of carbonyl (C=O) groups is 2. The molecule has 0 aliphatic carbocycles. The highest BCUT2D eigenvalue weighted by molar-refractivity contribution is 5.85. The number of anilines is 1. The number of likely N-dealkylation sites (N-methyl/N-ethyl adjacent to an activating group) is 1. The van der Waals surface area contributed by atoms with Gasteiger partial charge < -0.3 is 14.9 Å². The van der Waals surface area contributed by atoms with Crippen molar-refractivity contribution in [2.24, 2.45) is 0 Å². The maximum absolute atomic E-state index is 11.9. The van der Waals surface area contributed by atoms with Gasteiger partial charge in [0.2, 0.25) is 5.91 Å². The fraction of sp³-hybridized carbons (Fsp3) is 0.400. The summed E-state index contributed by atoms with van der Waals surface area (Å²) in [4.78, 5) is 30.6. The largest absolute Gasteiger partial charge is 0.478 e. The molecular formula is C15H19N3O3. The minimum atomic E-state index is -0.988. The average Bonchev–Trinajstić information content (AvgIpc) is 2.59. The molecule has 1 aromatic rings. The van der Waals surface area contributed by atoms with E-state index in [2.05, 4.69) is 4.98 Å². The van der Waals surface area contributed by atoms with Crippen LogP contribution in [0.1, 0.15) is 17.5 Å². The molecule has 1 aliphatic rings. The van der Waals surface area contributed by atoms with Crippen LogP contribution in [0.4, 0.5) is 5.82 Å². The minimum Gasteiger partial charge on any atom is -0.478 e. The van der Waals surface area contributed by atoms with Crippen molar-refractivity contribution in [3.8, 4) is 0 Å². The van der Waals surface area contributed by atoms with Gasteiger partial charge in [0.05, 0.1) is 6.54 Å². The highest BCUT2D eigenvalue weighted by atomic mass is 16.4. The van der Waals surface area contributed by atoms with E-state index < -0.39 is 5.97 Å². The van der Waals surface area contributed by atoms with Gasteiger partial charge in [-0.3, -0.25) is 4.79 Å². The van der Waals surface area contributed by atoms with Crippen molar-refractivity contribution in [2.75, 3.05) is 31.6 Å². The summed E-state index contributed by atoms with van der Waals surface area (Å²) in [5.41, 5.74) is 1.66. The summed E-state index contributed by atoms with van der Waals surface area (Å²) in [5.74, 6) is -0.118. The Morgan fingerprint density at radius 1 is 1.43 bits per heavy atom. The first-order chi connectivity index (χ1) is 9.97. The number of aliphatic carboxylic acids is 1. The SMILES string of the molecule is Cc1cc(/C=C/C(=O)O)cnc1N1CCCN(C)C(=O)C1. The van der Waals surface area contributed by atoms with Gasteiger partial charge in [-0.05, 0) is 36.6 Å². The minimum absolute atomic E-state index is 0.0866. The van der Waals surface area contributed by atoms with Crippen LogP contribution in [-0.4, -0.2) is 53.5 Å². The normalized spacial score (nSPS) is 16.4. The molecular weight excluding hydrogens is 270 g/mol. The fourth-order valence-corrected chi connectivity index (χ4v) is 2.35. The number of hydrogen-bond acceptors (Lipinski definition) is 4. The average molecular weight is 289 g/mol. The molecule has 0 radical (unpaired) electrons. The van der Waals surface area contributed by atoms with Crippen molar-refractivity contribution in [2.45, 2.75) is 13.3 Å². The number of pyridine rings is 1. The second kappa shape index (κ2) is 6.39. The van der Waals surface area contributed by atoms with Gasteiger partial charge in [0, 0.05) is 32.4 Å². The Morgan fingerprint density at radius 2 is 2.19 bits per heavy atom. The Balaban J connectivity index is 2.20. The van der Waals surface area contributed by atoms with Crippen molar-refractivity contribution in [3.63, 3.8) is 0 Å². The van der Waals surface area contributed by atoms with Crippen molar-refractivity contribution in [3.05, 3.63) is 29.5 Å². The summed E-state index contributed by atoms with van der Waals surface area (Å²) in [6.45, 7) is 3.79. The van der Waals surface area contributed by atoms with E-state index in [1.165, 1.54) is 6.08 Å². The van der Waals surface area contributed by atoms with Gasteiger partial charge >= 0.3 is 5.97 Å². The molecule has 1 amide bonds. The van der Waals surface area contributed by atoms with Crippen molar-refractivity contribution < 1.29 is 14.7 Å². The van der Waals surface area contributed by atoms with Crippen LogP contribution >= 0.6 is 0 Å². The van der Waals surface area contributed by atoms with Gasteiger partial charge in [0.1, 0.15) is 5.82 Å².